The van der Waals surface area contributed by atoms with Gasteiger partial charge in [-0.3, -0.25) is 9.48 Å². The Labute approximate surface area is 158 Å². The first-order valence-electron chi connectivity index (χ1n) is 8.27. The highest BCUT2D eigenvalue weighted by Crippen LogP contribution is 2.32. The van der Waals surface area contributed by atoms with E-state index in [9.17, 15) is 9.59 Å². The number of rotatable bonds is 3. The monoisotopic (exact) mass is 387 g/mol. The number of carbonyl (C=O) groups excluding carboxylic acids is 2. The number of amides is 1. The number of fused-ring (bicyclic) bond motifs is 1. The molecule has 0 atom stereocenters. The summed E-state index contributed by atoms with van der Waals surface area (Å²) in [4.78, 5) is 27.8. The third kappa shape index (κ3) is 2.89. The molecule has 0 spiro atoms. The van der Waals surface area contributed by atoms with Crippen LogP contribution in [0.1, 0.15) is 37.0 Å². The number of aryl methyl sites for hydroxylation is 1. The lowest BCUT2D eigenvalue weighted by molar-refractivity contribution is 0.0591. The zero-order valence-electron chi connectivity index (χ0n) is 15.0. The van der Waals surface area contributed by atoms with Crippen LogP contribution < -0.4 is 0 Å². The second-order valence-electron chi connectivity index (χ2n) is 6.18. The summed E-state index contributed by atoms with van der Waals surface area (Å²) < 4.78 is 7.97. The largest absolute Gasteiger partial charge is 0.464 e. The zero-order chi connectivity index (χ0) is 19.1. The summed E-state index contributed by atoms with van der Waals surface area (Å²) in [5, 5.41) is 16.2. The summed E-state index contributed by atoms with van der Waals surface area (Å²) in [6.45, 7) is 5.28. The van der Waals surface area contributed by atoms with Crippen molar-refractivity contribution in [2.75, 3.05) is 13.7 Å². The summed E-state index contributed by atoms with van der Waals surface area (Å²) in [6, 6.07) is 1.67. The third-order valence-corrected chi connectivity index (χ3v) is 5.81. The maximum atomic E-state index is 13.3. The molecule has 1 aliphatic heterocycles. The number of nitrogens with zero attached hydrogens (tertiary/aromatic N) is 7. The van der Waals surface area contributed by atoms with Crippen LogP contribution in [0.3, 0.4) is 0 Å². The van der Waals surface area contributed by atoms with Crippen molar-refractivity contribution in [1.29, 1.82) is 0 Å². The zero-order valence-corrected chi connectivity index (χ0v) is 15.9. The molecule has 3 aromatic rings. The molecule has 27 heavy (non-hydrogen) atoms. The van der Waals surface area contributed by atoms with Crippen LogP contribution in [-0.2, 0) is 17.8 Å². The van der Waals surface area contributed by atoms with Gasteiger partial charge in [0.05, 0.1) is 31.5 Å². The molecule has 4 heterocycles. The van der Waals surface area contributed by atoms with Crippen LogP contribution in [0.2, 0.25) is 0 Å². The second kappa shape index (κ2) is 6.58. The predicted octanol–water partition coefficient (Wildman–Crippen LogP) is 0.980. The van der Waals surface area contributed by atoms with Crippen LogP contribution >= 0.6 is 11.3 Å². The van der Waals surface area contributed by atoms with Gasteiger partial charge in [0.15, 0.2) is 5.69 Å². The Morgan fingerprint density at radius 2 is 2.07 bits per heavy atom. The average molecular weight is 387 g/mol. The molecule has 0 fully saturated rings. The molecule has 0 unspecified atom stereocenters. The standard InChI is InChI=1S/C16H17N7O3S/c1-9-10(2)27-15(23-8-17-19-20-23)13(9)14(24)21-4-5-22-11(7-21)6-12(18-22)16(25)26-3/h6,8H,4-5,7H2,1-3H3. The number of esters is 1. The van der Waals surface area contributed by atoms with Crippen molar-refractivity contribution in [3.05, 3.63) is 39.8 Å². The molecular formula is C16H17N7O3S. The van der Waals surface area contributed by atoms with Gasteiger partial charge in [-0.25, -0.2) is 4.79 Å². The molecule has 0 N–H and O–H groups in total. The van der Waals surface area contributed by atoms with Gasteiger partial charge >= 0.3 is 5.97 Å². The number of aromatic nitrogens is 6. The minimum atomic E-state index is -0.486. The topological polar surface area (TPSA) is 108 Å². The number of tetrazole rings is 1. The van der Waals surface area contributed by atoms with Gasteiger partial charge in [-0.1, -0.05) is 0 Å². The van der Waals surface area contributed by atoms with Crippen LogP contribution in [0.15, 0.2) is 12.4 Å². The number of thiophene rings is 1. The SMILES string of the molecule is COC(=O)c1cc2n(n1)CCN(C(=O)c1c(-n3cnnn3)sc(C)c1C)C2. The Hall–Kier alpha value is -3.08. The third-order valence-electron chi connectivity index (χ3n) is 4.62. The van der Waals surface area contributed by atoms with Crippen molar-refractivity contribution in [3.63, 3.8) is 0 Å². The Balaban J connectivity index is 1.65. The molecule has 0 saturated carbocycles. The van der Waals surface area contributed by atoms with Gasteiger partial charge in [-0.2, -0.15) is 9.78 Å². The molecule has 0 radical (unpaired) electrons. The highest BCUT2D eigenvalue weighted by molar-refractivity contribution is 7.15. The number of ether oxygens (including phenoxy) is 1. The minimum Gasteiger partial charge on any atom is -0.464 e. The summed E-state index contributed by atoms with van der Waals surface area (Å²) in [7, 11) is 1.32. The van der Waals surface area contributed by atoms with E-state index in [2.05, 4.69) is 20.6 Å². The van der Waals surface area contributed by atoms with Crippen LogP contribution in [0, 0.1) is 13.8 Å². The molecule has 11 heteroatoms. The van der Waals surface area contributed by atoms with Gasteiger partial charge in [0.25, 0.3) is 5.91 Å². The molecule has 140 valence electrons. The van der Waals surface area contributed by atoms with Crippen molar-refractivity contribution in [2.24, 2.45) is 0 Å². The fraction of sp³-hybridized carbons (Fsp3) is 0.375. The Kier molecular flexibility index (Phi) is 4.22. The van der Waals surface area contributed by atoms with Crippen LogP contribution in [0.4, 0.5) is 0 Å². The minimum absolute atomic E-state index is 0.0885. The first-order chi connectivity index (χ1) is 13.0. The fourth-order valence-corrected chi connectivity index (χ4v) is 4.14. The van der Waals surface area contributed by atoms with Crippen LogP contribution in [0.25, 0.3) is 5.00 Å². The molecule has 0 saturated heterocycles. The van der Waals surface area contributed by atoms with Gasteiger partial charge in [-0.05, 0) is 35.9 Å². The first kappa shape index (κ1) is 17.3. The van der Waals surface area contributed by atoms with Gasteiger partial charge in [-0.15, -0.1) is 16.4 Å². The van der Waals surface area contributed by atoms with Crippen molar-refractivity contribution in [1.82, 2.24) is 34.9 Å². The molecule has 0 aliphatic carbocycles. The van der Waals surface area contributed by atoms with E-state index in [-0.39, 0.29) is 11.6 Å². The molecule has 3 aromatic heterocycles. The van der Waals surface area contributed by atoms with Gasteiger partial charge in [0.2, 0.25) is 0 Å². The van der Waals surface area contributed by atoms with E-state index in [0.29, 0.717) is 30.2 Å². The summed E-state index contributed by atoms with van der Waals surface area (Å²) in [6.07, 6.45) is 1.48. The summed E-state index contributed by atoms with van der Waals surface area (Å²) >= 11 is 1.48. The highest BCUT2D eigenvalue weighted by Gasteiger charge is 2.29. The van der Waals surface area contributed by atoms with E-state index in [1.54, 1.807) is 15.6 Å². The summed E-state index contributed by atoms with van der Waals surface area (Å²) in [5.74, 6) is -0.575. The van der Waals surface area contributed by atoms with Crippen LogP contribution in [0.5, 0.6) is 0 Å². The van der Waals surface area contributed by atoms with E-state index in [4.69, 9.17) is 4.74 Å². The molecule has 0 bridgehead atoms. The van der Waals surface area contributed by atoms with Crippen molar-refractivity contribution < 1.29 is 14.3 Å². The Morgan fingerprint density at radius 3 is 2.78 bits per heavy atom. The van der Waals surface area contributed by atoms with E-state index in [0.717, 1.165) is 16.1 Å². The number of hydrogen-bond acceptors (Lipinski definition) is 8. The van der Waals surface area contributed by atoms with Gasteiger partial charge in [0.1, 0.15) is 11.3 Å². The highest BCUT2D eigenvalue weighted by atomic mass is 32.1. The molecular weight excluding hydrogens is 370 g/mol. The number of carbonyl (C=O) groups is 2. The molecule has 4 rings (SSSR count). The van der Waals surface area contributed by atoms with Crippen molar-refractivity contribution >= 4 is 23.2 Å². The second-order valence-corrected chi connectivity index (χ2v) is 7.38. The lowest BCUT2D eigenvalue weighted by Crippen LogP contribution is -2.38. The van der Waals surface area contributed by atoms with Gasteiger partial charge < -0.3 is 9.64 Å². The van der Waals surface area contributed by atoms with Crippen LogP contribution in [-0.4, -0.2) is 60.4 Å². The maximum absolute atomic E-state index is 13.3. The molecule has 1 aliphatic rings. The normalized spacial score (nSPS) is 13.5. The lowest BCUT2D eigenvalue weighted by atomic mass is 10.1. The van der Waals surface area contributed by atoms with Crippen molar-refractivity contribution in [2.45, 2.75) is 26.9 Å². The number of hydrogen-bond donors (Lipinski definition) is 0. The molecule has 10 nitrogen and oxygen atoms in total. The van der Waals surface area contributed by atoms with E-state index < -0.39 is 5.97 Å². The maximum Gasteiger partial charge on any atom is 0.358 e. The first-order valence-corrected chi connectivity index (χ1v) is 9.09. The summed E-state index contributed by atoms with van der Waals surface area (Å²) in [5.41, 5.74) is 2.57. The van der Waals surface area contributed by atoms with E-state index in [1.165, 1.54) is 29.5 Å². The van der Waals surface area contributed by atoms with Gasteiger partial charge in [0, 0.05) is 11.4 Å². The smallest absolute Gasteiger partial charge is 0.358 e. The Morgan fingerprint density at radius 1 is 1.26 bits per heavy atom. The van der Waals surface area contributed by atoms with E-state index >= 15 is 0 Å². The number of methoxy groups -OCH3 is 1. The fourth-order valence-electron chi connectivity index (χ4n) is 3.08. The van der Waals surface area contributed by atoms with E-state index in [1.807, 2.05) is 13.8 Å². The quantitative estimate of drug-likeness (QED) is 0.616. The molecule has 1 amide bonds. The average Bonchev–Trinajstić information content (AvgIpc) is 3.39. The molecule has 0 aromatic carbocycles. The van der Waals surface area contributed by atoms with Crippen molar-refractivity contribution in [3.8, 4) is 5.00 Å². The predicted molar refractivity (Wildman–Crippen MR) is 94.8 cm³/mol. The Bertz CT molecular complexity index is 1020. The lowest BCUT2D eigenvalue weighted by Gasteiger charge is -2.28.